The van der Waals surface area contributed by atoms with Gasteiger partial charge in [-0.05, 0) is 36.2 Å². The average Bonchev–Trinajstić information content (AvgIpc) is 3.57. The summed E-state index contributed by atoms with van der Waals surface area (Å²) in [5, 5.41) is 18.0. The van der Waals surface area contributed by atoms with E-state index >= 15 is 0 Å². The van der Waals surface area contributed by atoms with E-state index in [2.05, 4.69) is 9.97 Å². The van der Waals surface area contributed by atoms with Gasteiger partial charge in [0.25, 0.3) is 11.8 Å². The van der Waals surface area contributed by atoms with Gasteiger partial charge >= 0.3 is 0 Å². The van der Waals surface area contributed by atoms with Gasteiger partial charge in [0.05, 0.1) is 6.04 Å². The van der Waals surface area contributed by atoms with Crippen molar-refractivity contribution in [3.8, 4) is 12.1 Å². The quantitative estimate of drug-likeness (QED) is 0.669. The zero-order valence-electron chi connectivity index (χ0n) is 16.7. The number of likely N-dealkylation sites (tertiary alicyclic amines) is 1. The Balaban J connectivity index is 1.55. The predicted octanol–water partition coefficient (Wildman–Crippen LogP) is 2.64. The number of nitriles is 2. The van der Waals surface area contributed by atoms with Crippen LogP contribution in [0.5, 0.6) is 0 Å². The van der Waals surface area contributed by atoms with Crippen LogP contribution in [0.3, 0.4) is 0 Å². The molecule has 154 valence electrons. The number of nitrogens with one attached hydrogen (secondary N) is 2. The maximum Gasteiger partial charge on any atom is 0.270 e. The largest absolute Gasteiger partial charge is 0.342 e. The van der Waals surface area contributed by atoms with E-state index < -0.39 is 0 Å². The second kappa shape index (κ2) is 8.60. The van der Waals surface area contributed by atoms with Crippen LogP contribution in [-0.2, 0) is 6.54 Å². The number of amides is 2. The molecule has 3 aromatic rings. The van der Waals surface area contributed by atoms with Crippen LogP contribution < -0.4 is 0 Å². The van der Waals surface area contributed by atoms with Gasteiger partial charge in [-0.15, -0.1) is 0 Å². The highest BCUT2D eigenvalue weighted by atomic mass is 16.2. The van der Waals surface area contributed by atoms with Crippen molar-refractivity contribution in [2.24, 2.45) is 0 Å². The molecule has 8 nitrogen and oxygen atoms in total. The monoisotopic (exact) mass is 412 g/mol. The van der Waals surface area contributed by atoms with Crippen molar-refractivity contribution in [2.75, 3.05) is 13.1 Å². The third-order valence-electron chi connectivity index (χ3n) is 5.42. The van der Waals surface area contributed by atoms with E-state index in [1.165, 1.54) is 0 Å². The Kier molecular flexibility index (Phi) is 5.55. The minimum absolute atomic E-state index is 0.170. The third kappa shape index (κ3) is 4.19. The molecular weight excluding hydrogens is 392 g/mol. The van der Waals surface area contributed by atoms with E-state index in [1.807, 2.05) is 42.5 Å². The minimum atomic E-state index is -0.212. The smallest absolute Gasteiger partial charge is 0.270 e. The summed E-state index contributed by atoms with van der Waals surface area (Å²) in [6.45, 7) is 1.30. The van der Waals surface area contributed by atoms with E-state index in [0.29, 0.717) is 48.8 Å². The summed E-state index contributed by atoms with van der Waals surface area (Å²) >= 11 is 0. The first-order valence-corrected chi connectivity index (χ1v) is 9.91. The minimum Gasteiger partial charge on any atom is -0.342 e. The normalized spacial score (nSPS) is 15.3. The van der Waals surface area contributed by atoms with Crippen molar-refractivity contribution in [3.05, 3.63) is 82.9 Å². The fourth-order valence-corrected chi connectivity index (χ4v) is 3.82. The number of hydrogen-bond donors (Lipinski definition) is 2. The first-order chi connectivity index (χ1) is 15.1. The van der Waals surface area contributed by atoms with Crippen LogP contribution in [0.25, 0.3) is 0 Å². The van der Waals surface area contributed by atoms with Gasteiger partial charge in [0.2, 0.25) is 0 Å². The van der Waals surface area contributed by atoms with Gasteiger partial charge in [0.15, 0.2) is 0 Å². The number of aromatic amines is 2. The second-order valence-corrected chi connectivity index (χ2v) is 7.41. The number of H-pyrrole nitrogens is 2. The highest BCUT2D eigenvalue weighted by Crippen LogP contribution is 2.22. The molecule has 1 aliphatic rings. The molecule has 0 radical (unpaired) electrons. The number of aromatic nitrogens is 2. The molecule has 0 saturated carbocycles. The highest BCUT2D eigenvalue weighted by Gasteiger charge is 2.34. The first-order valence-electron chi connectivity index (χ1n) is 9.91. The van der Waals surface area contributed by atoms with Crippen LogP contribution in [0.15, 0.2) is 54.6 Å². The predicted molar refractivity (Wildman–Crippen MR) is 112 cm³/mol. The maximum atomic E-state index is 13.3. The van der Waals surface area contributed by atoms with Crippen molar-refractivity contribution < 1.29 is 9.59 Å². The van der Waals surface area contributed by atoms with E-state index in [1.54, 1.807) is 34.1 Å². The van der Waals surface area contributed by atoms with Crippen LogP contribution in [0.4, 0.5) is 0 Å². The summed E-state index contributed by atoms with van der Waals surface area (Å²) in [5.74, 6) is -0.404. The number of carbonyl (C=O) groups is 2. The molecule has 2 N–H and O–H groups in total. The van der Waals surface area contributed by atoms with Crippen LogP contribution in [0.1, 0.15) is 44.3 Å². The Morgan fingerprint density at radius 1 is 0.968 bits per heavy atom. The van der Waals surface area contributed by atoms with E-state index in [9.17, 15) is 9.59 Å². The van der Waals surface area contributed by atoms with E-state index in [4.69, 9.17) is 10.5 Å². The lowest BCUT2D eigenvalue weighted by molar-refractivity contribution is 0.0636. The van der Waals surface area contributed by atoms with Crippen molar-refractivity contribution >= 4 is 11.8 Å². The van der Waals surface area contributed by atoms with Gasteiger partial charge in [-0.25, -0.2) is 0 Å². The molecule has 0 spiro atoms. The molecule has 2 amide bonds. The van der Waals surface area contributed by atoms with Crippen LogP contribution >= 0.6 is 0 Å². The molecule has 3 heterocycles. The molecular formula is C23H20N6O2. The molecule has 1 fully saturated rings. The fraction of sp³-hybridized carbons (Fsp3) is 0.217. The molecule has 1 aromatic carbocycles. The average molecular weight is 412 g/mol. The summed E-state index contributed by atoms with van der Waals surface area (Å²) in [6, 6.07) is 19.8. The summed E-state index contributed by atoms with van der Waals surface area (Å²) in [6.07, 6.45) is 0.641. The van der Waals surface area contributed by atoms with Crippen molar-refractivity contribution in [1.29, 1.82) is 10.5 Å². The molecule has 0 aliphatic carbocycles. The summed E-state index contributed by atoms with van der Waals surface area (Å²) < 4.78 is 0. The molecule has 4 rings (SSSR count). The lowest BCUT2D eigenvalue weighted by atomic mass is 10.1. The topological polar surface area (TPSA) is 120 Å². The first kappa shape index (κ1) is 20.0. The number of hydrogen-bond acceptors (Lipinski definition) is 4. The fourth-order valence-electron chi connectivity index (χ4n) is 3.82. The van der Waals surface area contributed by atoms with Crippen molar-refractivity contribution in [2.45, 2.75) is 19.0 Å². The van der Waals surface area contributed by atoms with E-state index in [0.717, 1.165) is 5.56 Å². The van der Waals surface area contributed by atoms with Crippen LogP contribution in [0.2, 0.25) is 0 Å². The number of benzene rings is 1. The van der Waals surface area contributed by atoms with Crippen molar-refractivity contribution in [1.82, 2.24) is 19.8 Å². The molecule has 8 heteroatoms. The Morgan fingerprint density at radius 3 is 2.26 bits per heavy atom. The Hall–Kier alpha value is -4.30. The molecule has 0 bridgehead atoms. The summed E-state index contributed by atoms with van der Waals surface area (Å²) in [4.78, 5) is 35.2. The SMILES string of the molecule is N#Cc1ccc(C(=O)N2CC[C@H](N(Cc3ccccc3)C(=O)c3ccc(C#N)[nH]3)C2)[nH]1. The molecule has 1 aliphatic heterocycles. The zero-order valence-corrected chi connectivity index (χ0v) is 16.7. The molecule has 1 atom stereocenters. The summed E-state index contributed by atoms with van der Waals surface area (Å²) in [7, 11) is 0. The Morgan fingerprint density at radius 2 is 1.61 bits per heavy atom. The molecule has 0 unspecified atom stereocenters. The third-order valence-corrected chi connectivity index (χ3v) is 5.42. The van der Waals surface area contributed by atoms with Gasteiger partial charge < -0.3 is 19.8 Å². The van der Waals surface area contributed by atoms with Gasteiger partial charge in [0.1, 0.15) is 34.9 Å². The summed E-state index contributed by atoms with van der Waals surface area (Å²) in [5.41, 5.74) is 2.35. The number of rotatable bonds is 5. The van der Waals surface area contributed by atoms with Gasteiger partial charge in [-0.1, -0.05) is 30.3 Å². The Labute approximate surface area is 179 Å². The van der Waals surface area contributed by atoms with Gasteiger partial charge in [-0.2, -0.15) is 10.5 Å². The van der Waals surface area contributed by atoms with Crippen molar-refractivity contribution in [3.63, 3.8) is 0 Å². The Bertz CT molecular complexity index is 1180. The molecule has 2 aromatic heterocycles. The number of carbonyl (C=O) groups excluding carboxylic acids is 2. The zero-order chi connectivity index (χ0) is 21.8. The van der Waals surface area contributed by atoms with Crippen LogP contribution in [-0.4, -0.2) is 50.7 Å². The standard InChI is InChI=1S/C23H20N6O2/c24-12-17-6-8-20(26-17)22(30)28-11-10-19(15-28)29(14-16-4-2-1-3-5-16)23(31)21-9-7-18(13-25)27-21/h1-9,19,26-27H,10-11,14-15H2/t19-/m0/s1. The molecule has 1 saturated heterocycles. The maximum absolute atomic E-state index is 13.3. The van der Waals surface area contributed by atoms with Gasteiger partial charge in [0, 0.05) is 19.6 Å². The second-order valence-electron chi connectivity index (χ2n) is 7.41. The number of nitrogens with zero attached hydrogens (tertiary/aromatic N) is 4. The van der Waals surface area contributed by atoms with Crippen LogP contribution in [0, 0.1) is 22.7 Å². The molecule has 31 heavy (non-hydrogen) atoms. The highest BCUT2D eigenvalue weighted by molar-refractivity contribution is 5.94. The van der Waals surface area contributed by atoms with E-state index in [-0.39, 0.29) is 17.9 Å². The lowest BCUT2D eigenvalue weighted by Gasteiger charge is -2.29. The lowest BCUT2D eigenvalue weighted by Crippen LogP contribution is -2.42. The van der Waals surface area contributed by atoms with Gasteiger partial charge in [-0.3, -0.25) is 9.59 Å².